The van der Waals surface area contributed by atoms with Crippen LogP contribution in [0.2, 0.25) is 0 Å². The minimum Gasteiger partial charge on any atom is -0.347 e. The first-order valence-electron chi connectivity index (χ1n) is 6.48. The summed E-state index contributed by atoms with van der Waals surface area (Å²) in [6.07, 6.45) is 1.60. The minimum atomic E-state index is -0.964. The van der Waals surface area contributed by atoms with Crippen molar-refractivity contribution in [3.05, 3.63) is 36.0 Å². The van der Waals surface area contributed by atoms with E-state index in [2.05, 4.69) is 15.7 Å². The predicted molar refractivity (Wildman–Crippen MR) is 85.4 cm³/mol. The summed E-state index contributed by atoms with van der Waals surface area (Å²) >= 11 is 0. The number of benzene rings is 1. The SMILES string of the molecule is CC(CS(C)=O)NC(=O)c1cc(NN)c2ccccc2n1. The summed E-state index contributed by atoms with van der Waals surface area (Å²) in [4.78, 5) is 16.5. The van der Waals surface area contributed by atoms with Crippen molar-refractivity contribution in [3.8, 4) is 0 Å². The van der Waals surface area contributed by atoms with Gasteiger partial charge in [-0.2, -0.15) is 0 Å². The molecule has 2 rings (SSSR count). The van der Waals surface area contributed by atoms with Gasteiger partial charge in [-0.1, -0.05) is 18.2 Å². The van der Waals surface area contributed by atoms with Gasteiger partial charge in [0.05, 0.1) is 11.2 Å². The summed E-state index contributed by atoms with van der Waals surface area (Å²) in [5.74, 6) is 5.60. The van der Waals surface area contributed by atoms with Crippen molar-refractivity contribution in [2.45, 2.75) is 13.0 Å². The molecule has 112 valence electrons. The van der Waals surface area contributed by atoms with Crippen LogP contribution in [-0.2, 0) is 10.8 Å². The number of carbonyl (C=O) groups excluding carboxylic acids is 1. The summed E-state index contributed by atoms with van der Waals surface area (Å²) < 4.78 is 11.2. The van der Waals surface area contributed by atoms with Crippen molar-refractivity contribution < 1.29 is 9.00 Å². The van der Waals surface area contributed by atoms with Gasteiger partial charge in [0, 0.05) is 34.2 Å². The highest BCUT2D eigenvalue weighted by molar-refractivity contribution is 7.84. The van der Waals surface area contributed by atoms with E-state index in [0.717, 1.165) is 5.39 Å². The van der Waals surface area contributed by atoms with Gasteiger partial charge < -0.3 is 10.7 Å². The second-order valence-electron chi connectivity index (χ2n) is 4.83. The lowest BCUT2D eigenvalue weighted by atomic mass is 10.1. The molecule has 2 unspecified atom stereocenters. The molecule has 1 aromatic heterocycles. The normalized spacial score (nSPS) is 13.7. The van der Waals surface area contributed by atoms with Gasteiger partial charge in [0.2, 0.25) is 0 Å². The van der Waals surface area contributed by atoms with Crippen LogP contribution >= 0.6 is 0 Å². The Morgan fingerprint density at radius 2 is 2.14 bits per heavy atom. The predicted octanol–water partition coefficient (Wildman–Crippen LogP) is 1.02. The van der Waals surface area contributed by atoms with Crippen LogP contribution in [0, 0.1) is 0 Å². The molecule has 21 heavy (non-hydrogen) atoms. The van der Waals surface area contributed by atoms with Crippen molar-refractivity contribution >= 4 is 33.3 Å². The number of hydrogen-bond donors (Lipinski definition) is 3. The lowest BCUT2D eigenvalue weighted by Gasteiger charge is -2.13. The largest absolute Gasteiger partial charge is 0.347 e. The molecule has 2 atom stereocenters. The minimum absolute atomic E-state index is 0.189. The van der Waals surface area contributed by atoms with E-state index < -0.39 is 10.8 Å². The zero-order valence-electron chi connectivity index (χ0n) is 11.9. The summed E-state index contributed by atoms with van der Waals surface area (Å²) in [5.41, 5.74) is 4.18. The molecular weight excluding hydrogens is 288 g/mol. The highest BCUT2D eigenvalue weighted by Gasteiger charge is 2.14. The molecule has 0 saturated heterocycles. The molecule has 0 aliphatic rings. The fraction of sp³-hybridized carbons (Fsp3) is 0.286. The maximum absolute atomic E-state index is 12.2. The van der Waals surface area contributed by atoms with Crippen molar-refractivity contribution in [2.24, 2.45) is 5.84 Å². The van der Waals surface area contributed by atoms with Crippen LogP contribution in [0.4, 0.5) is 5.69 Å². The smallest absolute Gasteiger partial charge is 0.270 e. The van der Waals surface area contributed by atoms with Gasteiger partial charge >= 0.3 is 0 Å². The van der Waals surface area contributed by atoms with Crippen molar-refractivity contribution in [1.29, 1.82) is 0 Å². The van der Waals surface area contributed by atoms with E-state index in [-0.39, 0.29) is 17.6 Å². The molecule has 4 N–H and O–H groups in total. The Morgan fingerprint density at radius 1 is 1.43 bits per heavy atom. The van der Waals surface area contributed by atoms with Gasteiger partial charge in [0.15, 0.2) is 0 Å². The molecule has 7 heteroatoms. The number of carbonyl (C=O) groups is 1. The third-order valence-electron chi connectivity index (χ3n) is 2.97. The summed E-state index contributed by atoms with van der Waals surface area (Å²) in [7, 11) is -0.964. The first-order chi connectivity index (χ1) is 10.0. The van der Waals surface area contributed by atoms with Crippen LogP contribution in [0.5, 0.6) is 0 Å². The number of pyridine rings is 1. The second kappa shape index (κ2) is 6.64. The quantitative estimate of drug-likeness (QED) is 0.566. The van der Waals surface area contributed by atoms with Crippen LogP contribution < -0.4 is 16.6 Å². The number of rotatable bonds is 5. The molecular formula is C14H18N4O2S. The van der Waals surface area contributed by atoms with E-state index in [1.165, 1.54) is 0 Å². The number of aromatic nitrogens is 1. The first kappa shape index (κ1) is 15.4. The number of fused-ring (bicyclic) bond motifs is 1. The Labute approximate surface area is 125 Å². The molecule has 0 aliphatic carbocycles. The number of hydrogen-bond acceptors (Lipinski definition) is 5. The standard InChI is InChI=1S/C14H18N4O2S/c1-9(8-21(2)20)16-14(19)13-7-12(18-15)10-5-3-4-6-11(10)17-13/h3-7,9H,8,15H2,1-2H3,(H,16,19)(H,17,18). The van der Waals surface area contributed by atoms with Crippen molar-refractivity contribution in [2.75, 3.05) is 17.4 Å². The fourth-order valence-corrected chi connectivity index (χ4v) is 2.89. The zero-order valence-corrected chi connectivity index (χ0v) is 12.7. The number of hydrazine groups is 1. The molecule has 6 nitrogen and oxygen atoms in total. The van der Waals surface area contributed by atoms with Gasteiger partial charge in [0.25, 0.3) is 5.91 Å². The molecule has 2 aromatic rings. The van der Waals surface area contributed by atoms with E-state index in [1.54, 1.807) is 12.3 Å². The number of amides is 1. The molecule has 1 aromatic carbocycles. The van der Waals surface area contributed by atoms with Gasteiger partial charge in [-0.25, -0.2) is 4.98 Å². The highest BCUT2D eigenvalue weighted by atomic mass is 32.2. The number of anilines is 1. The maximum atomic E-state index is 12.2. The molecule has 1 amide bonds. The molecule has 0 fully saturated rings. The Balaban J connectivity index is 2.29. The van der Waals surface area contributed by atoms with E-state index >= 15 is 0 Å². The Hall–Kier alpha value is -1.99. The average Bonchev–Trinajstić information content (AvgIpc) is 2.44. The number of nitrogens with one attached hydrogen (secondary N) is 2. The van der Waals surface area contributed by atoms with Crippen molar-refractivity contribution in [3.63, 3.8) is 0 Å². The average molecular weight is 306 g/mol. The van der Waals surface area contributed by atoms with Gasteiger partial charge in [-0.15, -0.1) is 0 Å². The molecule has 1 heterocycles. The number of para-hydroxylation sites is 1. The van der Waals surface area contributed by atoms with E-state index in [1.807, 2.05) is 31.2 Å². The van der Waals surface area contributed by atoms with Gasteiger partial charge in [0.1, 0.15) is 5.69 Å². The molecule has 0 aliphatic heterocycles. The van der Waals surface area contributed by atoms with Gasteiger partial charge in [-0.3, -0.25) is 14.8 Å². The van der Waals surface area contributed by atoms with Crippen LogP contribution in [0.3, 0.4) is 0 Å². The van der Waals surface area contributed by atoms with Gasteiger partial charge in [-0.05, 0) is 19.1 Å². The Kier molecular flexibility index (Phi) is 4.87. The van der Waals surface area contributed by atoms with Crippen LogP contribution in [-0.4, -0.2) is 33.2 Å². The molecule has 0 bridgehead atoms. The number of nitrogen functional groups attached to an aromatic ring is 1. The topological polar surface area (TPSA) is 97.1 Å². The summed E-state index contributed by atoms with van der Waals surface area (Å²) in [6, 6.07) is 8.84. The Morgan fingerprint density at radius 3 is 2.81 bits per heavy atom. The van der Waals surface area contributed by atoms with Crippen LogP contribution in [0.25, 0.3) is 10.9 Å². The van der Waals surface area contributed by atoms with Crippen molar-refractivity contribution in [1.82, 2.24) is 10.3 Å². The van der Waals surface area contributed by atoms with Crippen LogP contribution in [0.1, 0.15) is 17.4 Å². The molecule has 0 spiro atoms. The third kappa shape index (κ3) is 3.77. The second-order valence-corrected chi connectivity index (χ2v) is 6.31. The highest BCUT2D eigenvalue weighted by Crippen LogP contribution is 2.22. The van der Waals surface area contributed by atoms with E-state index in [4.69, 9.17) is 5.84 Å². The maximum Gasteiger partial charge on any atom is 0.270 e. The lowest BCUT2D eigenvalue weighted by Crippen LogP contribution is -2.36. The zero-order chi connectivity index (χ0) is 15.4. The van der Waals surface area contributed by atoms with E-state index in [9.17, 15) is 9.00 Å². The lowest BCUT2D eigenvalue weighted by molar-refractivity contribution is 0.0939. The van der Waals surface area contributed by atoms with Crippen LogP contribution in [0.15, 0.2) is 30.3 Å². The monoisotopic (exact) mass is 306 g/mol. The summed E-state index contributed by atoms with van der Waals surface area (Å²) in [5, 5.41) is 3.63. The first-order valence-corrected chi connectivity index (χ1v) is 8.21. The van der Waals surface area contributed by atoms with E-state index in [0.29, 0.717) is 17.0 Å². The number of nitrogens with two attached hydrogens (primary N) is 1. The fourth-order valence-electron chi connectivity index (χ4n) is 2.10. The molecule has 0 saturated carbocycles. The molecule has 0 radical (unpaired) electrons. The Bertz CT molecular complexity index is 690. The third-order valence-corrected chi connectivity index (χ3v) is 3.94. The number of nitrogens with zero attached hydrogens (tertiary/aromatic N) is 1. The summed E-state index contributed by atoms with van der Waals surface area (Å²) in [6.45, 7) is 1.81.